The summed E-state index contributed by atoms with van der Waals surface area (Å²) in [4.78, 5) is 27.3. The first kappa shape index (κ1) is 21.4. The Bertz CT molecular complexity index is 1060. The first-order chi connectivity index (χ1) is 11.9. The van der Waals surface area contributed by atoms with Gasteiger partial charge in [0.15, 0.2) is 0 Å². The predicted octanol–water partition coefficient (Wildman–Crippen LogP) is -0.191. The summed E-state index contributed by atoms with van der Waals surface area (Å²) in [7, 11) is 0. The van der Waals surface area contributed by atoms with Crippen molar-refractivity contribution in [2.24, 2.45) is 0 Å². The van der Waals surface area contributed by atoms with E-state index in [-0.39, 0.29) is 63.4 Å². The molecular formula is C18H13Cl2KN2O3. The van der Waals surface area contributed by atoms with E-state index in [2.05, 4.69) is 4.98 Å². The molecule has 0 saturated heterocycles. The molecule has 0 fully saturated rings. The van der Waals surface area contributed by atoms with Gasteiger partial charge < -0.3 is 10.1 Å². The van der Waals surface area contributed by atoms with Crippen LogP contribution in [0.2, 0.25) is 10.0 Å². The average molecular weight is 415 g/mol. The van der Waals surface area contributed by atoms with Crippen LogP contribution < -0.4 is 67.7 Å². The monoisotopic (exact) mass is 414 g/mol. The summed E-state index contributed by atoms with van der Waals surface area (Å²) in [5.74, 6) is -0.740. The van der Waals surface area contributed by atoms with Crippen molar-refractivity contribution in [2.45, 2.75) is 13.3 Å². The Hall–Kier alpha value is -0.864. The van der Waals surface area contributed by atoms with Crippen molar-refractivity contribution in [1.82, 2.24) is 9.55 Å². The molecule has 1 aromatic heterocycles. The molecule has 26 heavy (non-hydrogen) atoms. The van der Waals surface area contributed by atoms with E-state index in [9.17, 15) is 14.7 Å². The second-order valence-electron chi connectivity index (χ2n) is 5.54. The topological polar surface area (TPSA) is 77.9 Å². The fourth-order valence-electron chi connectivity index (χ4n) is 2.62. The normalized spacial score (nSPS) is 10.4. The number of benzene rings is 2. The minimum absolute atomic E-state index is 0. The third-order valence-electron chi connectivity index (χ3n) is 3.93. The van der Waals surface area contributed by atoms with Crippen LogP contribution in [0.25, 0.3) is 5.69 Å². The van der Waals surface area contributed by atoms with Crippen molar-refractivity contribution in [3.8, 4) is 11.6 Å². The SMILES string of the molecule is Cc1ccccc1-n1c(=O)[nH]c([O-])c(Cc2c(Cl)cccc2Cl)c1=O.[K+]. The summed E-state index contributed by atoms with van der Waals surface area (Å²) in [5, 5.41) is 12.9. The maximum atomic E-state index is 12.8. The molecule has 3 rings (SSSR count). The number of rotatable bonds is 3. The van der Waals surface area contributed by atoms with Crippen LogP contribution in [0.1, 0.15) is 16.7 Å². The fraction of sp³-hybridized carbons (Fsp3) is 0.111. The quantitative estimate of drug-likeness (QED) is 0.603. The van der Waals surface area contributed by atoms with E-state index >= 15 is 0 Å². The zero-order valence-corrected chi connectivity index (χ0v) is 18.8. The Kier molecular flexibility index (Phi) is 7.32. The van der Waals surface area contributed by atoms with Gasteiger partial charge in [0.25, 0.3) is 5.56 Å². The van der Waals surface area contributed by atoms with Gasteiger partial charge in [-0.2, -0.15) is 0 Å². The number of para-hydroxylation sites is 1. The molecule has 0 amide bonds. The molecule has 1 N–H and O–H groups in total. The number of aromatic amines is 1. The summed E-state index contributed by atoms with van der Waals surface area (Å²) < 4.78 is 0.955. The first-order valence-corrected chi connectivity index (χ1v) is 8.20. The molecule has 1 heterocycles. The average Bonchev–Trinajstić information content (AvgIpc) is 2.55. The molecule has 0 atom stereocenters. The van der Waals surface area contributed by atoms with Gasteiger partial charge in [0.2, 0.25) is 0 Å². The van der Waals surface area contributed by atoms with Gasteiger partial charge in [-0.15, -0.1) is 0 Å². The third kappa shape index (κ3) is 4.17. The number of hydrogen-bond acceptors (Lipinski definition) is 3. The molecule has 8 heteroatoms. The van der Waals surface area contributed by atoms with E-state index in [1.165, 1.54) is 0 Å². The van der Waals surface area contributed by atoms with Crippen LogP contribution in [0.15, 0.2) is 52.1 Å². The van der Waals surface area contributed by atoms with Crippen LogP contribution in [-0.2, 0) is 6.42 Å². The van der Waals surface area contributed by atoms with Crippen molar-refractivity contribution >= 4 is 23.2 Å². The van der Waals surface area contributed by atoms with Crippen LogP contribution in [0.3, 0.4) is 0 Å². The molecule has 5 nitrogen and oxygen atoms in total. The maximum absolute atomic E-state index is 12.8. The Morgan fingerprint density at radius 3 is 2.23 bits per heavy atom. The van der Waals surface area contributed by atoms with Gasteiger partial charge in [0.1, 0.15) is 0 Å². The number of halogens is 2. The minimum Gasteiger partial charge on any atom is -0.860 e. The third-order valence-corrected chi connectivity index (χ3v) is 4.64. The summed E-state index contributed by atoms with van der Waals surface area (Å²) in [5.41, 5.74) is 0.0503. The van der Waals surface area contributed by atoms with Crippen LogP contribution in [0.4, 0.5) is 0 Å². The summed E-state index contributed by atoms with van der Waals surface area (Å²) >= 11 is 12.3. The summed E-state index contributed by atoms with van der Waals surface area (Å²) in [6.07, 6.45) is -0.0706. The number of nitrogens with one attached hydrogen (secondary N) is 1. The Balaban J connectivity index is 0.00000243. The largest absolute Gasteiger partial charge is 1.00 e. The maximum Gasteiger partial charge on any atom is 1.00 e. The van der Waals surface area contributed by atoms with E-state index in [1.807, 2.05) is 0 Å². The molecule has 0 spiro atoms. The van der Waals surface area contributed by atoms with E-state index in [0.29, 0.717) is 21.3 Å². The number of hydrogen-bond donors (Lipinski definition) is 1. The van der Waals surface area contributed by atoms with E-state index in [4.69, 9.17) is 23.2 Å². The summed E-state index contributed by atoms with van der Waals surface area (Å²) in [6.45, 7) is 1.77. The zero-order chi connectivity index (χ0) is 18.1. The number of aromatic nitrogens is 2. The smallest absolute Gasteiger partial charge is 0.860 e. The Morgan fingerprint density at radius 1 is 1.00 bits per heavy atom. The van der Waals surface area contributed by atoms with E-state index < -0.39 is 17.1 Å². The molecule has 0 aliphatic heterocycles. The number of H-pyrrole nitrogens is 1. The second kappa shape index (κ2) is 8.88. The van der Waals surface area contributed by atoms with Crippen LogP contribution in [-0.4, -0.2) is 9.55 Å². The molecule has 0 aliphatic carbocycles. The van der Waals surface area contributed by atoms with Gasteiger partial charge in [-0.1, -0.05) is 47.5 Å². The molecular weight excluding hydrogens is 402 g/mol. The van der Waals surface area contributed by atoms with Crippen molar-refractivity contribution in [3.05, 3.63) is 90.0 Å². The predicted molar refractivity (Wildman–Crippen MR) is 96.1 cm³/mol. The molecule has 3 aromatic rings. The first-order valence-electron chi connectivity index (χ1n) is 7.44. The summed E-state index contributed by atoms with van der Waals surface area (Å²) in [6, 6.07) is 11.8. The van der Waals surface area contributed by atoms with Gasteiger partial charge >= 0.3 is 57.1 Å². The second-order valence-corrected chi connectivity index (χ2v) is 6.36. The van der Waals surface area contributed by atoms with Crippen molar-refractivity contribution in [3.63, 3.8) is 0 Å². The molecule has 2 aromatic carbocycles. The molecule has 0 saturated carbocycles. The Morgan fingerprint density at radius 2 is 1.62 bits per heavy atom. The minimum atomic E-state index is -0.779. The van der Waals surface area contributed by atoms with Gasteiger partial charge in [0.05, 0.1) is 5.69 Å². The molecule has 0 radical (unpaired) electrons. The van der Waals surface area contributed by atoms with E-state index in [1.54, 1.807) is 49.4 Å². The number of nitrogens with zero attached hydrogens (tertiary/aromatic N) is 1. The zero-order valence-electron chi connectivity index (χ0n) is 14.2. The molecule has 0 unspecified atom stereocenters. The van der Waals surface area contributed by atoms with Crippen molar-refractivity contribution in [2.75, 3.05) is 0 Å². The molecule has 0 aliphatic rings. The van der Waals surface area contributed by atoms with Crippen molar-refractivity contribution in [1.29, 1.82) is 0 Å². The van der Waals surface area contributed by atoms with Crippen LogP contribution in [0.5, 0.6) is 5.88 Å². The standard InChI is InChI=1S/C18H14Cl2N2O3.K/c1-10-5-2-3-8-15(10)22-17(24)12(16(23)21-18(22)25)9-11-13(19)6-4-7-14(11)20;/h2-8,23H,9H2,1H3,(H,21,25);/q;+1/p-1. The Labute approximate surface area is 202 Å². The van der Waals surface area contributed by atoms with E-state index in [0.717, 1.165) is 10.1 Å². The van der Waals surface area contributed by atoms with Crippen LogP contribution >= 0.6 is 23.2 Å². The fourth-order valence-corrected chi connectivity index (χ4v) is 3.15. The molecule has 128 valence electrons. The van der Waals surface area contributed by atoms with Crippen LogP contribution in [0, 0.1) is 6.92 Å². The van der Waals surface area contributed by atoms with Gasteiger partial charge in [-0.3, -0.25) is 4.79 Å². The number of aryl methyl sites for hydroxylation is 1. The van der Waals surface area contributed by atoms with Gasteiger partial charge in [-0.25, -0.2) is 9.36 Å². The van der Waals surface area contributed by atoms with Crippen molar-refractivity contribution < 1.29 is 56.5 Å². The van der Waals surface area contributed by atoms with Gasteiger partial charge in [0, 0.05) is 22.0 Å². The molecule has 0 bridgehead atoms. The van der Waals surface area contributed by atoms with Gasteiger partial charge in [-0.05, 0) is 42.1 Å².